The van der Waals surface area contributed by atoms with E-state index in [0.29, 0.717) is 10.6 Å². The van der Waals surface area contributed by atoms with Gasteiger partial charge in [-0.15, -0.1) is 0 Å². The number of thiophene rings is 1. The monoisotopic (exact) mass is 372 g/mol. The molecule has 7 heteroatoms. The van der Waals surface area contributed by atoms with E-state index in [1.54, 1.807) is 64.4 Å². The van der Waals surface area contributed by atoms with Crippen LogP contribution in [-0.4, -0.2) is 19.1 Å². The molecule has 2 aromatic rings. The largest absolute Gasteiger partial charge is 0.469 e. The second-order valence-corrected chi connectivity index (χ2v) is 10.7. The fraction of sp³-hybridized carbons (Fsp3) is 0.471. The molecular weight excluding hydrogens is 348 g/mol. The van der Waals surface area contributed by atoms with Gasteiger partial charge in [-0.3, -0.25) is 4.79 Å². The van der Waals surface area contributed by atoms with Crippen LogP contribution in [0.1, 0.15) is 41.5 Å². The third-order valence-corrected chi connectivity index (χ3v) is 6.25. The van der Waals surface area contributed by atoms with E-state index in [1.165, 1.54) is 23.9 Å². The van der Waals surface area contributed by atoms with Crippen molar-refractivity contribution in [2.45, 2.75) is 51.2 Å². The minimum absolute atomic E-state index is 0.260. The Kier molecular flexibility index (Phi) is 6.41. The number of furan rings is 1. The van der Waals surface area contributed by atoms with E-state index in [4.69, 9.17) is 9.15 Å². The normalized spacial score (nSPS) is 12.2. The van der Waals surface area contributed by atoms with Crippen molar-refractivity contribution in [1.82, 2.24) is 0 Å². The van der Waals surface area contributed by atoms with E-state index in [1.807, 2.05) is 0 Å². The van der Waals surface area contributed by atoms with E-state index in [2.05, 4.69) is 0 Å². The Hall–Kier alpha value is -1.60. The molecule has 0 radical (unpaired) electrons. The summed E-state index contributed by atoms with van der Waals surface area (Å²) in [5.41, 5.74) is -0.475. The van der Waals surface area contributed by atoms with E-state index in [9.17, 15) is 13.2 Å². The van der Waals surface area contributed by atoms with Crippen LogP contribution in [0, 0.1) is 5.41 Å². The molecule has 0 fully saturated rings. The predicted octanol–water partition coefficient (Wildman–Crippen LogP) is 4.55. The predicted molar refractivity (Wildman–Crippen MR) is 95.1 cm³/mol. The average Bonchev–Trinajstić information content (AvgIpc) is 3.10. The van der Waals surface area contributed by atoms with Gasteiger partial charge >= 0.3 is 5.97 Å². The molecule has 0 aliphatic heterocycles. The maximum absolute atomic E-state index is 11.7. The first-order valence-corrected chi connectivity index (χ1v) is 9.79. The number of esters is 1. The lowest BCUT2D eigenvalue weighted by molar-refractivity contribution is -0.143. The van der Waals surface area contributed by atoms with Gasteiger partial charge in [-0.05, 0) is 53.0 Å². The quantitative estimate of drug-likeness (QED) is 0.723. The molecule has 0 saturated carbocycles. The fourth-order valence-electron chi connectivity index (χ4n) is 1.33. The van der Waals surface area contributed by atoms with Crippen molar-refractivity contribution < 1.29 is 22.4 Å². The highest BCUT2D eigenvalue weighted by molar-refractivity contribution is 7.92. The maximum atomic E-state index is 11.7. The number of carbonyl (C=O) groups excluding carboxylic acids is 1. The molecule has 0 spiro atoms. The molecule has 0 bridgehead atoms. The Bertz CT molecular complexity index is 728. The topological polar surface area (TPSA) is 73.6 Å². The number of rotatable bonds is 2. The number of sulfone groups is 1. The molecule has 0 unspecified atom stereocenters. The maximum Gasteiger partial charge on any atom is 0.316 e. The smallest absolute Gasteiger partial charge is 0.316 e. The lowest BCUT2D eigenvalue weighted by Gasteiger charge is -2.17. The molecule has 0 aliphatic rings. The summed E-state index contributed by atoms with van der Waals surface area (Å²) in [5.74, 6) is 0.193. The third-order valence-electron chi connectivity index (χ3n) is 2.93. The number of hydrogen-bond acceptors (Lipinski definition) is 6. The summed E-state index contributed by atoms with van der Waals surface area (Å²) in [7, 11) is -3.12. The van der Waals surface area contributed by atoms with Gasteiger partial charge in [-0.1, -0.05) is 0 Å². The Labute approximate surface area is 147 Å². The molecule has 24 heavy (non-hydrogen) atoms. The number of hydrogen-bond donors (Lipinski definition) is 0. The first kappa shape index (κ1) is 20.4. The van der Waals surface area contributed by atoms with Crippen molar-refractivity contribution in [2.75, 3.05) is 0 Å². The second-order valence-electron chi connectivity index (χ2n) is 7.17. The van der Waals surface area contributed by atoms with Crippen molar-refractivity contribution in [3.8, 4) is 5.75 Å². The standard InChI is InChI=1S/C9H12O3.C8H12O2S2/c1-9(2,3)8(10)12-7-4-5-11-6-7;1-8(2,3)12(9,10)7-4-5-11-6-7/h2*4-6H,1-3H3. The van der Waals surface area contributed by atoms with Crippen LogP contribution in [0.5, 0.6) is 5.75 Å². The highest BCUT2D eigenvalue weighted by Crippen LogP contribution is 2.26. The summed E-state index contributed by atoms with van der Waals surface area (Å²) >= 11 is 1.40. The highest BCUT2D eigenvalue weighted by Gasteiger charge is 2.30. The van der Waals surface area contributed by atoms with Gasteiger partial charge in [0, 0.05) is 11.4 Å². The molecular formula is C17H24O5S2. The van der Waals surface area contributed by atoms with Gasteiger partial charge in [0.2, 0.25) is 0 Å². The Balaban J connectivity index is 0.000000240. The van der Waals surface area contributed by atoms with Crippen LogP contribution in [0.4, 0.5) is 0 Å². The summed E-state index contributed by atoms with van der Waals surface area (Å²) in [6.07, 6.45) is 2.86. The molecule has 0 aromatic carbocycles. The van der Waals surface area contributed by atoms with Crippen LogP contribution in [-0.2, 0) is 14.6 Å². The second kappa shape index (κ2) is 7.53. The minimum atomic E-state index is -3.12. The molecule has 2 rings (SSSR count). The van der Waals surface area contributed by atoms with Crippen molar-refractivity contribution in [3.63, 3.8) is 0 Å². The summed E-state index contributed by atoms with van der Waals surface area (Å²) in [6, 6.07) is 3.24. The average molecular weight is 373 g/mol. The van der Waals surface area contributed by atoms with Crippen molar-refractivity contribution in [3.05, 3.63) is 35.4 Å². The lowest BCUT2D eigenvalue weighted by atomic mass is 9.97. The van der Waals surface area contributed by atoms with Gasteiger partial charge in [-0.2, -0.15) is 11.3 Å². The Morgan fingerprint density at radius 3 is 2.12 bits per heavy atom. The summed E-state index contributed by atoms with van der Waals surface area (Å²) in [6.45, 7) is 10.5. The van der Waals surface area contributed by atoms with Gasteiger partial charge in [0.05, 0.1) is 21.3 Å². The highest BCUT2D eigenvalue weighted by atomic mass is 32.2. The van der Waals surface area contributed by atoms with Crippen molar-refractivity contribution in [2.24, 2.45) is 5.41 Å². The Morgan fingerprint density at radius 2 is 1.75 bits per heavy atom. The van der Waals surface area contributed by atoms with Crippen LogP contribution in [0.3, 0.4) is 0 Å². The van der Waals surface area contributed by atoms with Crippen molar-refractivity contribution >= 4 is 27.1 Å². The van der Waals surface area contributed by atoms with Gasteiger partial charge in [0.25, 0.3) is 0 Å². The third kappa shape index (κ3) is 5.49. The van der Waals surface area contributed by atoms with Gasteiger partial charge in [-0.25, -0.2) is 8.42 Å². The van der Waals surface area contributed by atoms with Crippen LogP contribution in [0.25, 0.3) is 0 Å². The van der Waals surface area contributed by atoms with Crippen molar-refractivity contribution in [1.29, 1.82) is 0 Å². The fourth-order valence-corrected chi connectivity index (χ4v) is 3.56. The zero-order valence-electron chi connectivity index (χ0n) is 14.8. The first-order chi connectivity index (χ1) is 10.9. The minimum Gasteiger partial charge on any atom is -0.469 e. The summed E-state index contributed by atoms with van der Waals surface area (Å²) in [5, 5.41) is 3.44. The lowest BCUT2D eigenvalue weighted by Crippen LogP contribution is -2.27. The molecule has 0 amide bonds. The molecule has 2 heterocycles. The molecule has 134 valence electrons. The van der Waals surface area contributed by atoms with E-state index in [-0.39, 0.29) is 5.97 Å². The van der Waals surface area contributed by atoms with Crippen LogP contribution in [0.15, 0.2) is 44.7 Å². The summed E-state index contributed by atoms with van der Waals surface area (Å²) < 4.78 is 32.5. The number of ether oxygens (including phenoxy) is 1. The molecule has 0 N–H and O–H groups in total. The molecule has 5 nitrogen and oxygen atoms in total. The number of carbonyl (C=O) groups is 1. The van der Waals surface area contributed by atoms with Crippen LogP contribution < -0.4 is 4.74 Å². The summed E-state index contributed by atoms with van der Waals surface area (Å²) in [4.78, 5) is 11.7. The molecule has 2 aromatic heterocycles. The van der Waals surface area contributed by atoms with E-state index < -0.39 is 20.0 Å². The Morgan fingerprint density at radius 1 is 1.12 bits per heavy atom. The zero-order valence-corrected chi connectivity index (χ0v) is 16.5. The SMILES string of the molecule is CC(C)(C)C(=O)Oc1ccoc1.CC(C)(C)S(=O)(=O)c1ccsc1. The van der Waals surface area contributed by atoms with Crippen LogP contribution in [0.2, 0.25) is 0 Å². The van der Waals surface area contributed by atoms with E-state index >= 15 is 0 Å². The van der Waals surface area contributed by atoms with Gasteiger partial charge in [0.1, 0.15) is 6.26 Å². The van der Waals surface area contributed by atoms with Crippen LogP contribution >= 0.6 is 11.3 Å². The first-order valence-electron chi connectivity index (χ1n) is 7.37. The molecule has 0 aliphatic carbocycles. The van der Waals surface area contributed by atoms with Gasteiger partial charge < -0.3 is 9.15 Å². The zero-order chi connectivity index (χ0) is 18.6. The van der Waals surface area contributed by atoms with E-state index in [0.717, 1.165) is 0 Å². The van der Waals surface area contributed by atoms with Gasteiger partial charge in [0.15, 0.2) is 15.6 Å². The molecule has 0 saturated heterocycles. The molecule has 0 atom stereocenters.